The molecule has 0 amide bonds. The molecule has 0 aromatic rings. The molecule has 0 aromatic heterocycles. The number of rotatable bonds is 3. The van der Waals surface area contributed by atoms with Gasteiger partial charge < -0.3 is 0 Å². The molecular weight excluding hydrogens is 182 g/mol. The van der Waals surface area contributed by atoms with E-state index in [0.29, 0.717) is 0 Å². The van der Waals surface area contributed by atoms with E-state index in [1.54, 1.807) is 13.0 Å². The molecule has 0 heterocycles. The number of carbonyl (C=O) groups excluding carboxylic acids is 1. The molecule has 0 radical (unpaired) electrons. The van der Waals surface area contributed by atoms with E-state index in [9.17, 15) is 14.9 Å². The Balaban J connectivity index is 2.63. The summed E-state index contributed by atoms with van der Waals surface area (Å²) in [6.07, 6.45) is 6.44. The second kappa shape index (κ2) is 4.88. The maximum absolute atomic E-state index is 11.3. The van der Waals surface area contributed by atoms with Crippen LogP contribution in [0.1, 0.15) is 32.6 Å². The Labute approximate surface area is 83.1 Å². The van der Waals surface area contributed by atoms with Gasteiger partial charge in [-0.2, -0.15) is 0 Å². The first-order valence-corrected chi connectivity index (χ1v) is 4.93. The highest BCUT2D eigenvalue weighted by Gasteiger charge is 2.27. The fraction of sp³-hybridized carbons (Fsp3) is 0.700. The van der Waals surface area contributed by atoms with Crippen molar-refractivity contribution in [2.24, 2.45) is 11.8 Å². The molecule has 0 bridgehead atoms. The molecule has 0 aromatic carbocycles. The standard InChI is InChI=1S/C10H15NO3/c1-8(12)10-5-3-2-4-9(10)6-7-11(13)14/h6-7,9-10H,2-5H2,1H3/b7-6-/t9-,10+/m1/s1. The topological polar surface area (TPSA) is 60.2 Å². The molecule has 0 unspecified atom stereocenters. The summed E-state index contributed by atoms with van der Waals surface area (Å²) in [5.41, 5.74) is 0. The van der Waals surface area contributed by atoms with Crippen molar-refractivity contribution >= 4 is 5.78 Å². The van der Waals surface area contributed by atoms with E-state index in [-0.39, 0.29) is 17.6 Å². The van der Waals surface area contributed by atoms with Gasteiger partial charge in [0.25, 0.3) is 0 Å². The number of ketones is 1. The minimum atomic E-state index is -0.466. The molecule has 1 aliphatic rings. The smallest absolute Gasteiger partial charge is 0.230 e. The summed E-state index contributed by atoms with van der Waals surface area (Å²) in [7, 11) is 0. The molecule has 4 heteroatoms. The SMILES string of the molecule is CC(=O)[C@@H]1CCCC[C@@H]1/C=C\[N+](=O)[O-]. The van der Waals surface area contributed by atoms with E-state index in [4.69, 9.17) is 0 Å². The van der Waals surface area contributed by atoms with Crippen LogP contribution < -0.4 is 0 Å². The maximum atomic E-state index is 11.3. The first kappa shape index (κ1) is 10.9. The fourth-order valence-corrected chi connectivity index (χ4v) is 2.08. The molecule has 14 heavy (non-hydrogen) atoms. The third-order valence-electron chi connectivity index (χ3n) is 2.80. The number of nitro groups is 1. The van der Waals surface area contributed by atoms with E-state index in [1.807, 2.05) is 0 Å². The van der Waals surface area contributed by atoms with Gasteiger partial charge in [-0.3, -0.25) is 14.9 Å². The first-order valence-electron chi connectivity index (χ1n) is 4.93. The van der Waals surface area contributed by atoms with Gasteiger partial charge in [0.1, 0.15) is 5.78 Å². The lowest BCUT2D eigenvalue weighted by molar-refractivity contribution is -0.402. The van der Waals surface area contributed by atoms with Crippen LogP contribution in [0.4, 0.5) is 0 Å². The Morgan fingerprint density at radius 3 is 2.64 bits per heavy atom. The summed E-state index contributed by atoms with van der Waals surface area (Å²) < 4.78 is 0. The van der Waals surface area contributed by atoms with Crippen molar-refractivity contribution < 1.29 is 9.72 Å². The van der Waals surface area contributed by atoms with Crippen LogP contribution in [-0.4, -0.2) is 10.7 Å². The van der Waals surface area contributed by atoms with Crippen molar-refractivity contribution in [3.8, 4) is 0 Å². The highest BCUT2D eigenvalue weighted by molar-refractivity contribution is 5.78. The van der Waals surface area contributed by atoms with Gasteiger partial charge in [-0.05, 0) is 31.8 Å². The molecule has 0 aliphatic heterocycles. The molecule has 1 saturated carbocycles. The average molecular weight is 197 g/mol. The quantitative estimate of drug-likeness (QED) is 0.514. The lowest BCUT2D eigenvalue weighted by atomic mass is 9.77. The first-order chi connectivity index (χ1) is 6.61. The monoisotopic (exact) mass is 197 g/mol. The summed E-state index contributed by atoms with van der Waals surface area (Å²) in [6.45, 7) is 1.57. The number of allylic oxidation sites excluding steroid dienone is 1. The van der Waals surface area contributed by atoms with Crippen molar-refractivity contribution in [1.82, 2.24) is 0 Å². The van der Waals surface area contributed by atoms with Crippen LogP contribution in [0.15, 0.2) is 12.3 Å². The predicted molar refractivity (Wildman–Crippen MR) is 52.3 cm³/mol. The molecule has 78 valence electrons. The normalized spacial score (nSPS) is 27.8. The van der Waals surface area contributed by atoms with Crippen LogP contribution in [-0.2, 0) is 4.79 Å². The molecule has 1 rings (SSSR count). The Hall–Kier alpha value is -1.19. The number of nitrogens with zero attached hydrogens (tertiary/aromatic N) is 1. The van der Waals surface area contributed by atoms with E-state index in [2.05, 4.69) is 0 Å². The van der Waals surface area contributed by atoms with Crippen molar-refractivity contribution in [2.45, 2.75) is 32.6 Å². The second-order valence-corrected chi connectivity index (χ2v) is 3.79. The van der Waals surface area contributed by atoms with Gasteiger partial charge in [-0.25, -0.2) is 0 Å². The third kappa shape index (κ3) is 2.94. The molecular formula is C10H15NO3. The number of Topliss-reactive ketones (excluding diaryl/α,β-unsaturated/α-hetero) is 1. The molecule has 1 aliphatic carbocycles. The molecule has 4 nitrogen and oxygen atoms in total. The summed E-state index contributed by atoms with van der Waals surface area (Å²) in [6, 6.07) is 0. The number of hydrogen-bond acceptors (Lipinski definition) is 3. The molecule has 0 N–H and O–H groups in total. The van der Waals surface area contributed by atoms with Gasteiger partial charge >= 0.3 is 0 Å². The summed E-state index contributed by atoms with van der Waals surface area (Å²) >= 11 is 0. The Kier molecular flexibility index (Phi) is 3.80. The Morgan fingerprint density at radius 1 is 1.43 bits per heavy atom. The van der Waals surface area contributed by atoms with E-state index >= 15 is 0 Å². The largest absolute Gasteiger partial charge is 0.300 e. The lowest BCUT2D eigenvalue weighted by Crippen LogP contribution is -2.24. The van der Waals surface area contributed by atoms with Crippen LogP contribution in [0, 0.1) is 22.0 Å². The van der Waals surface area contributed by atoms with Crippen molar-refractivity contribution in [3.63, 3.8) is 0 Å². The highest BCUT2D eigenvalue weighted by Crippen LogP contribution is 2.31. The lowest BCUT2D eigenvalue weighted by Gasteiger charge is -2.26. The molecule has 0 saturated heterocycles. The second-order valence-electron chi connectivity index (χ2n) is 3.79. The molecule has 1 fully saturated rings. The Bertz CT molecular complexity index is 260. The zero-order valence-electron chi connectivity index (χ0n) is 8.31. The highest BCUT2D eigenvalue weighted by atomic mass is 16.6. The molecule has 0 spiro atoms. The van der Waals surface area contributed by atoms with Crippen molar-refractivity contribution in [1.29, 1.82) is 0 Å². The van der Waals surface area contributed by atoms with E-state index in [0.717, 1.165) is 31.9 Å². The third-order valence-corrected chi connectivity index (χ3v) is 2.80. The van der Waals surface area contributed by atoms with E-state index < -0.39 is 4.92 Å². The number of hydrogen-bond donors (Lipinski definition) is 0. The van der Waals surface area contributed by atoms with Crippen molar-refractivity contribution in [2.75, 3.05) is 0 Å². The summed E-state index contributed by atoms with van der Waals surface area (Å²) in [5, 5.41) is 10.2. The maximum Gasteiger partial charge on any atom is 0.230 e. The minimum absolute atomic E-state index is 0.0000463. The minimum Gasteiger partial charge on any atom is -0.300 e. The molecule has 2 atom stereocenters. The summed E-state index contributed by atoms with van der Waals surface area (Å²) in [4.78, 5) is 20.9. The predicted octanol–water partition coefficient (Wildman–Crippen LogP) is 2.17. The van der Waals surface area contributed by atoms with Crippen molar-refractivity contribution in [3.05, 3.63) is 22.4 Å². The summed E-state index contributed by atoms with van der Waals surface area (Å²) in [5.74, 6) is 0.231. The van der Waals surface area contributed by atoms with Crippen LogP contribution in [0.25, 0.3) is 0 Å². The zero-order chi connectivity index (χ0) is 10.6. The number of carbonyl (C=O) groups is 1. The van der Waals surface area contributed by atoms with Crippen LogP contribution in [0.2, 0.25) is 0 Å². The van der Waals surface area contributed by atoms with Crippen LogP contribution in [0.5, 0.6) is 0 Å². The zero-order valence-corrected chi connectivity index (χ0v) is 8.31. The fourth-order valence-electron chi connectivity index (χ4n) is 2.08. The van der Waals surface area contributed by atoms with Gasteiger partial charge in [0.2, 0.25) is 6.20 Å². The van der Waals surface area contributed by atoms with Crippen LogP contribution >= 0.6 is 0 Å². The average Bonchev–Trinajstić information content (AvgIpc) is 2.15. The van der Waals surface area contributed by atoms with Gasteiger partial charge in [-0.15, -0.1) is 0 Å². The van der Waals surface area contributed by atoms with Gasteiger partial charge in [0.05, 0.1) is 4.92 Å². The van der Waals surface area contributed by atoms with E-state index in [1.165, 1.54) is 0 Å². The Morgan fingerprint density at radius 2 is 2.07 bits per heavy atom. The van der Waals surface area contributed by atoms with Crippen LogP contribution in [0.3, 0.4) is 0 Å². The van der Waals surface area contributed by atoms with Gasteiger partial charge in [-0.1, -0.05) is 12.8 Å². The van der Waals surface area contributed by atoms with Gasteiger partial charge in [0, 0.05) is 5.92 Å². The van der Waals surface area contributed by atoms with Gasteiger partial charge in [0.15, 0.2) is 0 Å².